The molecule has 2 N–H and O–H groups in total. The number of hydrogen-bond acceptors (Lipinski definition) is 4. The molecule has 2 aromatic rings. The third-order valence-corrected chi connectivity index (χ3v) is 5.81. The van der Waals surface area contributed by atoms with E-state index in [1.807, 2.05) is 42.5 Å². The minimum atomic E-state index is -0.383. The number of nitrogens with one attached hydrogen (secondary N) is 2. The zero-order chi connectivity index (χ0) is 22.9. The molecular weight excluding hydrogens is 406 g/mol. The van der Waals surface area contributed by atoms with E-state index < -0.39 is 0 Å². The number of methoxy groups -OCH3 is 1. The molecule has 0 aliphatic carbocycles. The Kier molecular flexibility index (Phi) is 8.25. The highest BCUT2D eigenvalue weighted by Crippen LogP contribution is 2.19. The lowest BCUT2D eigenvalue weighted by Crippen LogP contribution is -2.44. The maximum atomic E-state index is 12.8. The minimum Gasteiger partial charge on any atom is -0.497 e. The molecule has 7 nitrogen and oxygen atoms in total. The number of nitrogens with zero attached hydrogens (tertiary/aromatic N) is 1. The van der Waals surface area contributed by atoms with Crippen LogP contribution in [0.25, 0.3) is 0 Å². The fourth-order valence-corrected chi connectivity index (χ4v) is 3.88. The number of benzene rings is 2. The standard InChI is InChI=1S/C25H31N3O4/c1-28-17-21(27-25(31)19-7-4-3-5-8-19)10-6-9-20(15-23(28)29)24(30)26-16-18-11-13-22(32-2)14-12-18/h3-5,7-8,11-14,20-21H,6,9-10,15-17H2,1-2H3,(H,26,30)(H,27,31)/t20-,21-/m1/s1. The molecule has 3 rings (SSSR count). The topological polar surface area (TPSA) is 87.7 Å². The SMILES string of the molecule is COc1ccc(CNC(=O)[C@@H]2CCC[C@@H](NC(=O)c3ccccc3)CN(C)C(=O)C2)cc1. The molecule has 3 amide bonds. The van der Waals surface area contributed by atoms with Crippen molar-refractivity contribution in [2.24, 2.45) is 5.92 Å². The van der Waals surface area contributed by atoms with E-state index in [-0.39, 0.29) is 36.1 Å². The molecule has 0 radical (unpaired) electrons. The van der Waals surface area contributed by atoms with Gasteiger partial charge in [-0.1, -0.05) is 36.8 Å². The Morgan fingerprint density at radius 1 is 1.06 bits per heavy atom. The first kappa shape index (κ1) is 23.3. The molecule has 7 heteroatoms. The summed E-state index contributed by atoms with van der Waals surface area (Å²) in [6, 6.07) is 16.4. The van der Waals surface area contributed by atoms with Gasteiger partial charge in [-0.15, -0.1) is 0 Å². The van der Waals surface area contributed by atoms with Crippen molar-refractivity contribution in [3.63, 3.8) is 0 Å². The monoisotopic (exact) mass is 437 g/mol. The average Bonchev–Trinajstić information content (AvgIpc) is 2.88. The molecule has 0 aromatic heterocycles. The molecule has 0 bridgehead atoms. The highest BCUT2D eigenvalue weighted by atomic mass is 16.5. The molecule has 0 unspecified atom stereocenters. The van der Waals surface area contributed by atoms with Crippen molar-refractivity contribution in [1.82, 2.24) is 15.5 Å². The van der Waals surface area contributed by atoms with E-state index in [0.717, 1.165) is 17.7 Å². The number of ether oxygens (including phenoxy) is 1. The molecule has 2 atom stereocenters. The normalized spacial score (nSPS) is 19.3. The quantitative estimate of drug-likeness (QED) is 0.728. The van der Waals surface area contributed by atoms with E-state index in [1.165, 1.54) is 0 Å². The van der Waals surface area contributed by atoms with E-state index in [9.17, 15) is 14.4 Å². The van der Waals surface area contributed by atoms with Crippen LogP contribution in [0.1, 0.15) is 41.6 Å². The van der Waals surface area contributed by atoms with Crippen LogP contribution in [0.15, 0.2) is 54.6 Å². The largest absolute Gasteiger partial charge is 0.497 e. The molecule has 32 heavy (non-hydrogen) atoms. The lowest BCUT2D eigenvalue weighted by molar-refractivity contribution is -0.135. The second-order valence-corrected chi connectivity index (χ2v) is 8.21. The maximum absolute atomic E-state index is 12.8. The lowest BCUT2D eigenvalue weighted by atomic mass is 9.96. The van der Waals surface area contributed by atoms with Gasteiger partial charge in [-0.3, -0.25) is 14.4 Å². The summed E-state index contributed by atoms with van der Waals surface area (Å²) in [7, 11) is 3.33. The molecule has 2 aromatic carbocycles. The van der Waals surface area contributed by atoms with Crippen LogP contribution in [0.5, 0.6) is 5.75 Å². The van der Waals surface area contributed by atoms with Gasteiger partial charge >= 0.3 is 0 Å². The van der Waals surface area contributed by atoms with E-state index in [4.69, 9.17) is 4.74 Å². The first-order valence-electron chi connectivity index (χ1n) is 11.0. The molecule has 0 saturated carbocycles. The predicted molar refractivity (Wildman–Crippen MR) is 122 cm³/mol. The van der Waals surface area contributed by atoms with Gasteiger partial charge in [-0.25, -0.2) is 0 Å². The van der Waals surface area contributed by atoms with Gasteiger partial charge in [-0.05, 0) is 42.7 Å². The molecule has 1 aliphatic heterocycles. The van der Waals surface area contributed by atoms with Crippen molar-refractivity contribution in [2.45, 2.75) is 38.3 Å². The molecule has 1 fully saturated rings. The summed E-state index contributed by atoms with van der Waals surface area (Å²) >= 11 is 0. The van der Waals surface area contributed by atoms with E-state index >= 15 is 0 Å². The van der Waals surface area contributed by atoms with Gasteiger partial charge in [0.1, 0.15) is 5.75 Å². The van der Waals surface area contributed by atoms with Crippen LogP contribution in [0.4, 0.5) is 0 Å². The van der Waals surface area contributed by atoms with Gasteiger partial charge in [0.2, 0.25) is 11.8 Å². The van der Waals surface area contributed by atoms with E-state index in [0.29, 0.717) is 31.5 Å². The molecular formula is C25H31N3O4. The third kappa shape index (κ3) is 6.57. The van der Waals surface area contributed by atoms with Gasteiger partial charge in [-0.2, -0.15) is 0 Å². The molecule has 1 aliphatic rings. The number of hydrogen-bond donors (Lipinski definition) is 2. The molecule has 1 saturated heterocycles. The fraction of sp³-hybridized carbons (Fsp3) is 0.400. The Labute approximate surface area is 189 Å². The third-order valence-electron chi connectivity index (χ3n) is 5.81. The number of likely N-dealkylation sites (N-methyl/N-ethyl adjacent to an activating group) is 1. The Hall–Kier alpha value is -3.35. The number of amides is 3. The van der Waals surface area contributed by atoms with E-state index in [1.54, 1.807) is 31.2 Å². The highest BCUT2D eigenvalue weighted by molar-refractivity contribution is 5.94. The fourth-order valence-electron chi connectivity index (χ4n) is 3.88. The van der Waals surface area contributed by atoms with Crippen LogP contribution in [-0.2, 0) is 16.1 Å². The molecule has 0 spiro atoms. The summed E-state index contributed by atoms with van der Waals surface area (Å²) < 4.78 is 5.15. The zero-order valence-corrected chi connectivity index (χ0v) is 18.7. The summed E-state index contributed by atoms with van der Waals surface area (Å²) in [6.07, 6.45) is 2.23. The Morgan fingerprint density at radius 2 is 1.78 bits per heavy atom. The van der Waals surface area contributed by atoms with Crippen molar-refractivity contribution in [3.05, 3.63) is 65.7 Å². The number of rotatable bonds is 6. The predicted octanol–water partition coefficient (Wildman–Crippen LogP) is 2.76. The van der Waals surface area contributed by atoms with Gasteiger partial charge in [0.15, 0.2) is 0 Å². The van der Waals surface area contributed by atoms with Crippen LogP contribution in [-0.4, -0.2) is 49.4 Å². The average molecular weight is 438 g/mol. The van der Waals surface area contributed by atoms with Crippen LogP contribution >= 0.6 is 0 Å². The van der Waals surface area contributed by atoms with Crippen molar-refractivity contribution in [3.8, 4) is 5.75 Å². The van der Waals surface area contributed by atoms with Gasteiger partial charge < -0.3 is 20.3 Å². The Balaban J connectivity index is 1.56. The second kappa shape index (κ2) is 11.3. The summed E-state index contributed by atoms with van der Waals surface area (Å²) in [5.41, 5.74) is 1.56. The first-order chi connectivity index (χ1) is 15.5. The number of carbonyl (C=O) groups excluding carboxylic acids is 3. The maximum Gasteiger partial charge on any atom is 0.251 e. The lowest BCUT2D eigenvalue weighted by Gasteiger charge is -2.24. The van der Waals surface area contributed by atoms with Gasteiger partial charge in [0.05, 0.1) is 7.11 Å². The van der Waals surface area contributed by atoms with Crippen molar-refractivity contribution >= 4 is 17.7 Å². The smallest absolute Gasteiger partial charge is 0.251 e. The number of carbonyl (C=O) groups is 3. The Bertz CT molecular complexity index is 915. The molecule has 170 valence electrons. The summed E-state index contributed by atoms with van der Waals surface area (Å²) in [5, 5.41) is 5.99. The van der Waals surface area contributed by atoms with Gasteiger partial charge in [0, 0.05) is 44.1 Å². The van der Waals surface area contributed by atoms with Crippen molar-refractivity contribution in [2.75, 3.05) is 20.7 Å². The Morgan fingerprint density at radius 3 is 2.47 bits per heavy atom. The van der Waals surface area contributed by atoms with Crippen LogP contribution in [0.3, 0.4) is 0 Å². The van der Waals surface area contributed by atoms with E-state index in [2.05, 4.69) is 10.6 Å². The second-order valence-electron chi connectivity index (χ2n) is 8.21. The molecule has 1 heterocycles. The van der Waals surface area contributed by atoms with Crippen LogP contribution in [0, 0.1) is 5.92 Å². The first-order valence-corrected chi connectivity index (χ1v) is 11.0. The minimum absolute atomic E-state index is 0.0875. The van der Waals surface area contributed by atoms with Crippen LogP contribution < -0.4 is 15.4 Å². The summed E-state index contributed by atoms with van der Waals surface area (Å²) in [4.78, 5) is 39.6. The summed E-state index contributed by atoms with van der Waals surface area (Å²) in [6.45, 7) is 0.830. The van der Waals surface area contributed by atoms with Crippen LogP contribution in [0.2, 0.25) is 0 Å². The summed E-state index contributed by atoms with van der Waals surface area (Å²) in [5.74, 6) is 0.0277. The zero-order valence-electron chi connectivity index (χ0n) is 18.7. The van der Waals surface area contributed by atoms with Crippen molar-refractivity contribution in [1.29, 1.82) is 0 Å². The van der Waals surface area contributed by atoms with Crippen molar-refractivity contribution < 1.29 is 19.1 Å². The van der Waals surface area contributed by atoms with Gasteiger partial charge in [0.25, 0.3) is 5.91 Å². The highest BCUT2D eigenvalue weighted by Gasteiger charge is 2.27.